The molecule has 12 nitrogen and oxygen atoms in total. The number of nitrogen functional groups attached to an aromatic ring is 1. The minimum Gasteiger partial charge on any atom is -1.00 e. The Hall–Kier alpha value is -2.13. The summed E-state index contributed by atoms with van der Waals surface area (Å²) >= 11 is 2.36. The standard InChI is InChI=1S/C14H14N6O6S2.Na.H/c15-7(21)3-26-19-8(5-4-28-14(16)17-5)10(22)18-9-11(23)20-6(13(24)25)1-2-27-12(9)20;;/h1,4,9,12H,2-3H2,(H2,15,21)(H2,16,17)(H,18,22)(H,24,25);;/q;+1;-1/b19-8-;;/t9-,12-;;/m1../s1. The molecule has 1 saturated heterocycles. The van der Waals surface area contributed by atoms with Crippen molar-refractivity contribution in [3.63, 3.8) is 0 Å². The molecular formula is C14H15N6NaO6S2. The van der Waals surface area contributed by atoms with Gasteiger partial charge in [0.25, 0.3) is 17.7 Å². The van der Waals surface area contributed by atoms with Crippen LogP contribution in [0.4, 0.5) is 5.13 Å². The second-order valence-electron chi connectivity index (χ2n) is 5.53. The number of primary amides is 1. The molecule has 2 atom stereocenters. The summed E-state index contributed by atoms with van der Waals surface area (Å²) < 4.78 is 0. The van der Waals surface area contributed by atoms with E-state index in [4.69, 9.17) is 16.3 Å². The first-order valence-corrected chi connectivity index (χ1v) is 9.61. The van der Waals surface area contributed by atoms with Gasteiger partial charge in [0, 0.05) is 11.1 Å². The predicted molar refractivity (Wildman–Crippen MR) is 100 cm³/mol. The van der Waals surface area contributed by atoms with E-state index < -0.39 is 41.7 Å². The van der Waals surface area contributed by atoms with Gasteiger partial charge in [0.1, 0.15) is 22.8 Å². The number of hydrogen-bond donors (Lipinski definition) is 4. The number of rotatable bonds is 7. The van der Waals surface area contributed by atoms with E-state index in [0.717, 1.165) is 16.2 Å². The van der Waals surface area contributed by atoms with Crippen molar-refractivity contribution in [3.8, 4) is 0 Å². The summed E-state index contributed by atoms with van der Waals surface area (Å²) in [7, 11) is 0. The van der Waals surface area contributed by atoms with Crippen molar-refractivity contribution < 1.29 is 60.1 Å². The van der Waals surface area contributed by atoms with Gasteiger partial charge >= 0.3 is 35.5 Å². The van der Waals surface area contributed by atoms with Crippen molar-refractivity contribution in [2.75, 3.05) is 18.1 Å². The predicted octanol–water partition coefficient (Wildman–Crippen LogP) is -4.58. The molecule has 150 valence electrons. The number of aromatic nitrogens is 1. The number of hydrogen-bond acceptors (Lipinski definition) is 10. The normalized spacial score (nSPS) is 20.6. The number of nitrogens with two attached hydrogens (primary N) is 2. The SMILES string of the molecule is NC(=O)CO/N=C(\C(=O)N[C@@H]1C(=O)N2C(C(=O)O)=CCS[C@H]12)c1csc(N)n1.[H-].[Na+]. The van der Waals surface area contributed by atoms with Crippen LogP contribution in [0.25, 0.3) is 0 Å². The van der Waals surface area contributed by atoms with E-state index in [1.54, 1.807) is 0 Å². The maximum absolute atomic E-state index is 12.6. The average molecular weight is 450 g/mol. The van der Waals surface area contributed by atoms with Crippen LogP contribution in [0.15, 0.2) is 22.3 Å². The van der Waals surface area contributed by atoms with Gasteiger partial charge in [-0.05, 0) is 6.08 Å². The number of fused-ring (bicyclic) bond motifs is 1. The number of thioether (sulfide) groups is 1. The molecule has 0 saturated carbocycles. The third-order valence-electron chi connectivity index (χ3n) is 3.69. The quantitative estimate of drug-likeness (QED) is 0.137. The number of anilines is 1. The molecule has 0 radical (unpaired) electrons. The van der Waals surface area contributed by atoms with Gasteiger partial charge in [-0.3, -0.25) is 19.3 Å². The molecular weight excluding hydrogens is 435 g/mol. The van der Waals surface area contributed by atoms with E-state index >= 15 is 0 Å². The van der Waals surface area contributed by atoms with Gasteiger partial charge in [-0.1, -0.05) is 5.16 Å². The number of aliphatic carboxylic acids is 1. The number of carbonyl (C=O) groups excluding carboxylic acids is 3. The Kier molecular flexibility index (Phi) is 7.65. The third-order valence-corrected chi connectivity index (χ3v) is 5.55. The summed E-state index contributed by atoms with van der Waals surface area (Å²) in [4.78, 5) is 56.8. The maximum Gasteiger partial charge on any atom is 1.00 e. The van der Waals surface area contributed by atoms with Crippen molar-refractivity contribution >= 4 is 57.6 Å². The van der Waals surface area contributed by atoms with Crippen LogP contribution >= 0.6 is 23.1 Å². The zero-order valence-corrected chi connectivity index (χ0v) is 18.7. The molecule has 1 fully saturated rings. The monoisotopic (exact) mass is 450 g/mol. The van der Waals surface area contributed by atoms with Crippen LogP contribution < -0.4 is 46.3 Å². The molecule has 3 heterocycles. The largest absolute Gasteiger partial charge is 1.00 e. The number of oxime groups is 1. The fraction of sp³-hybridized carbons (Fsp3) is 0.286. The van der Waals surface area contributed by atoms with E-state index in [1.165, 1.54) is 23.2 Å². The maximum atomic E-state index is 12.6. The minimum atomic E-state index is -1.22. The Morgan fingerprint density at radius 2 is 2.21 bits per heavy atom. The first kappa shape index (κ1) is 23.2. The number of nitrogens with zero attached hydrogens (tertiary/aromatic N) is 3. The number of amides is 3. The van der Waals surface area contributed by atoms with E-state index in [1.807, 2.05) is 0 Å². The van der Waals surface area contributed by atoms with Crippen LogP contribution in [0.2, 0.25) is 0 Å². The number of β-lactam (4-membered cyclic amide) rings is 1. The Morgan fingerprint density at radius 3 is 2.79 bits per heavy atom. The van der Waals surface area contributed by atoms with Crippen molar-refractivity contribution in [3.05, 3.63) is 22.8 Å². The summed E-state index contributed by atoms with van der Waals surface area (Å²) in [6.07, 6.45) is 1.43. The summed E-state index contributed by atoms with van der Waals surface area (Å²) in [6, 6.07) is -0.946. The molecule has 2 aliphatic heterocycles. The fourth-order valence-electron chi connectivity index (χ4n) is 2.51. The first-order chi connectivity index (χ1) is 13.3. The number of carbonyl (C=O) groups is 4. The molecule has 0 bridgehead atoms. The van der Waals surface area contributed by atoms with Gasteiger partial charge in [-0.2, -0.15) is 0 Å². The summed E-state index contributed by atoms with van der Waals surface area (Å²) in [5, 5.41) is 16.3. The molecule has 0 spiro atoms. The molecule has 29 heavy (non-hydrogen) atoms. The van der Waals surface area contributed by atoms with E-state index in [-0.39, 0.29) is 53.2 Å². The van der Waals surface area contributed by atoms with Gasteiger partial charge in [0.2, 0.25) is 0 Å². The second-order valence-corrected chi connectivity index (χ2v) is 7.57. The smallest absolute Gasteiger partial charge is 1.00 e. The Labute approximate surface area is 195 Å². The molecule has 1 aromatic heterocycles. The van der Waals surface area contributed by atoms with E-state index in [9.17, 15) is 24.3 Å². The second kappa shape index (κ2) is 9.58. The molecule has 0 unspecified atom stereocenters. The average Bonchev–Trinajstić information content (AvgIpc) is 3.07. The molecule has 2 aliphatic rings. The zero-order chi connectivity index (χ0) is 20.4. The molecule has 15 heteroatoms. The van der Waals surface area contributed by atoms with Crippen molar-refractivity contribution in [2.45, 2.75) is 11.4 Å². The van der Waals surface area contributed by atoms with Gasteiger partial charge < -0.3 is 28.2 Å². The molecule has 0 aromatic carbocycles. The van der Waals surface area contributed by atoms with Crippen molar-refractivity contribution in [1.82, 2.24) is 15.2 Å². The van der Waals surface area contributed by atoms with Gasteiger partial charge in [0.15, 0.2) is 17.5 Å². The Morgan fingerprint density at radius 1 is 1.48 bits per heavy atom. The number of carboxylic acid groups (broad SMARTS) is 1. The van der Waals surface area contributed by atoms with Crippen molar-refractivity contribution in [2.24, 2.45) is 10.9 Å². The Bertz CT molecular complexity index is 924. The topological polar surface area (TPSA) is 190 Å². The fourth-order valence-corrected chi connectivity index (χ4v) is 4.25. The van der Waals surface area contributed by atoms with Crippen LogP contribution in [0.5, 0.6) is 0 Å². The van der Waals surface area contributed by atoms with Gasteiger partial charge in [0.05, 0.1) is 0 Å². The summed E-state index contributed by atoms with van der Waals surface area (Å²) in [5.74, 6) is -2.98. The number of nitrogens with one attached hydrogen (secondary N) is 1. The van der Waals surface area contributed by atoms with Crippen LogP contribution in [-0.4, -0.2) is 68.2 Å². The van der Waals surface area contributed by atoms with Crippen LogP contribution in [0.3, 0.4) is 0 Å². The Balaban J connectivity index is 0.00000225. The van der Waals surface area contributed by atoms with Crippen LogP contribution in [0.1, 0.15) is 7.12 Å². The molecule has 6 N–H and O–H groups in total. The van der Waals surface area contributed by atoms with Crippen molar-refractivity contribution in [1.29, 1.82) is 0 Å². The number of thiazole rings is 1. The molecule has 3 rings (SSSR count). The van der Waals surface area contributed by atoms with E-state index in [0.29, 0.717) is 5.75 Å². The van der Waals surface area contributed by atoms with Gasteiger partial charge in [-0.15, -0.1) is 23.1 Å². The third kappa shape index (κ3) is 4.90. The molecule has 3 amide bonds. The number of carboxylic acids is 1. The summed E-state index contributed by atoms with van der Waals surface area (Å²) in [6.45, 7) is -0.558. The van der Waals surface area contributed by atoms with E-state index in [2.05, 4.69) is 15.5 Å². The van der Waals surface area contributed by atoms with Crippen LogP contribution in [-0.2, 0) is 24.0 Å². The first-order valence-electron chi connectivity index (χ1n) is 7.68. The summed E-state index contributed by atoms with van der Waals surface area (Å²) in [5.41, 5.74) is 10.2. The van der Waals surface area contributed by atoms with Gasteiger partial charge in [-0.25, -0.2) is 9.78 Å². The molecule has 0 aliphatic carbocycles. The minimum absolute atomic E-state index is 0. The zero-order valence-electron chi connectivity index (χ0n) is 16.0. The van der Waals surface area contributed by atoms with Crippen LogP contribution in [0, 0.1) is 0 Å². The molecule has 1 aromatic rings.